The van der Waals surface area contributed by atoms with Gasteiger partial charge < -0.3 is 5.32 Å². The number of nitrogens with one attached hydrogen (secondary N) is 1. The van der Waals surface area contributed by atoms with E-state index >= 15 is 0 Å². The van der Waals surface area contributed by atoms with Gasteiger partial charge in [0.25, 0.3) is 0 Å². The van der Waals surface area contributed by atoms with Crippen LogP contribution in [0.4, 0.5) is 18.9 Å². The summed E-state index contributed by atoms with van der Waals surface area (Å²) in [6.45, 7) is 3.75. The fourth-order valence-corrected chi connectivity index (χ4v) is 3.96. The normalized spacial score (nSPS) is 18.1. The van der Waals surface area contributed by atoms with E-state index in [4.69, 9.17) is 11.6 Å². The van der Waals surface area contributed by atoms with E-state index in [1.807, 2.05) is 24.3 Å². The minimum absolute atomic E-state index is 0.0789. The number of nitrogens with zero attached hydrogens (tertiary/aromatic N) is 2. The molecule has 3 aromatic rings. The molecule has 1 aliphatic carbocycles. The summed E-state index contributed by atoms with van der Waals surface area (Å²) in [5.41, 5.74) is 2.82. The van der Waals surface area contributed by atoms with Crippen LogP contribution >= 0.6 is 11.6 Å². The molecule has 2 atom stereocenters. The van der Waals surface area contributed by atoms with Crippen LogP contribution in [0.1, 0.15) is 40.4 Å². The molecule has 0 aliphatic heterocycles. The Kier molecular flexibility index (Phi) is 5.56. The van der Waals surface area contributed by atoms with Crippen molar-refractivity contribution in [1.82, 2.24) is 9.78 Å². The highest BCUT2D eigenvalue weighted by atomic mass is 35.5. The molecule has 31 heavy (non-hydrogen) atoms. The summed E-state index contributed by atoms with van der Waals surface area (Å²) in [4.78, 5) is 12.8. The Morgan fingerprint density at radius 3 is 2.58 bits per heavy atom. The minimum Gasteiger partial charge on any atom is -0.323 e. The summed E-state index contributed by atoms with van der Waals surface area (Å²) >= 11 is 5.92. The molecular formula is C23H21ClF3N3O. The highest BCUT2D eigenvalue weighted by Crippen LogP contribution is 2.48. The Morgan fingerprint density at radius 2 is 1.90 bits per heavy atom. The van der Waals surface area contributed by atoms with Crippen LogP contribution in [-0.4, -0.2) is 15.7 Å². The van der Waals surface area contributed by atoms with E-state index in [1.165, 1.54) is 6.07 Å². The maximum absolute atomic E-state index is 13.0. The Hall–Kier alpha value is -2.80. The minimum atomic E-state index is -4.39. The number of rotatable bonds is 5. The van der Waals surface area contributed by atoms with Crippen LogP contribution in [0.2, 0.25) is 5.02 Å². The van der Waals surface area contributed by atoms with Crippen LogP contribution in [0.25, 0.3) is 0 Å². The Morgan fingerprint density at radius 1 is 1.19 bits per heavy atom. The summed E-state index contributed by atoms with van der Waals surface area (Å²) in [6, 6.07) is 12.7. The Labute approximate surface area is 183 Å². The van der Waals surface area contributed by atoms with Gasteiger partial charge in [0.2, 0.25) is 5.91 Å². The molecule has 2 unspecified atom stereocenters. The number of halogens is 4. The quantitative estimate of drug-likeness (QED) is 0.524. The summed E-state index contributed by atoms with van der Waals surface area (Å²) < 4.78 is 40.5. The van der Waals surface area contributed by atoms with Gasteiger partial charge in [-0.1, -0.05) is 35.9 Å². The van der Waals surface area contributed by atoms with Crippen molar-refractivity contribution in [2.45, 2.75) is 38.9 Å². The topological polar surface area (TPSA) is 46.9 Å². The predicted octanol–water partition coefficient (Wildman–Crippen LogP) is 5.96. The van der Waals surface area contributed by atoms with Gasteiger partial charge in [-0.3, -0.25) is 9.48 Å². The molecule has 1 amide bonds. The predicted molar refractivity (Wildman–Crippen MR) is 113 cm³/mol. The van der Waals surface area contributed by atoms with Gasteiger partial charge in [-0.2, -0.15) is 18.3 Å². The molecule has 1 N–H and O–H groups in total. The second kappa shape index (κ2) is 8.04. The van der Waals surface area contributed by atoms with Crippen molar-refractivity contribution in [2.24, 2.45) is 5.92 Å². The molecule has 4 nitrogen and oxygen atoms in total. The number of amides is 1. The maximum atomic E-state index is 13.0. The average Bonchev–Trinajstić information content (AvgIpc) is 3.47. The van der Waals surface area contributed by atoms with E-state index in [0.29, 0.717) is 27.7 Å². The molecule has 1 saturated carbocycles. The molecule has 4 rings (SSSR count). The van der Waals surface area contributed by atoms with Crippen LogP contribution in [0.3, 0.4) is 0 Å². The lowest BCUT2D eigenvalue weighted by Gasteiger charge is -2.10. The Balaban J connectivity index is 1.46. The average molecular weight is 448 g/mol. The van der Waals surface area contributed by atoms with Crippen LogP contribution in [0.5, 0.6) is 0 Å². The number of benzene rings is 2. The molecule has 162 valence electrons. The molecular weight excluding hydrogens is 427 g/mol. The van der Waals surface area contributed by atoms with Gasteiger partial charge in [-0.15, -0.1) is 0 Å². The van der Waals surface area contributed by atoms with Gasteiger partial charge in [0, 0.05) is 10.9 Å². The fraction of sp³-hybridized carbons (Fsp3) is 0.304. The smallest absolute Gasteiger partial charge is 0.323 e. The van der Waals surface area contributed by atoms with E-state index in [0.717, 1.165) is 24.1 Å². The molecule has 1 heterocycles. The number of hydrogen-bond donors (Lipinski definition) is 1. The molecule has 0 radical (unpaired) electrons. The standard InChI is InChI=1S/C23H21ClF3N3O/c1-13-21(28-22(31)20-11-19(20)16-6-8-18(24)9-7-16)14(2)30(29-13)12-15-4-3-5-17(10-15)23(25,26)27/h3-10,19-20H,11-12H2,1-2H3,(H,28,31). The number of aromatic nitrogens is 2. The molecule has 2 aromatic carbocycles. The molecule has 1 fully saturated rings. The third kappa shape index (κ3) is 4.61. The maximum Gasteiger partial charge on any atom is 0.416 e. The number of anilines is 1. The van der Waals surface area contributed by atoms with Gasteiger partial charge in [0.1, 0.15) is 0 Å². The molecule has 1 aliphatic rings. The summed E-state index contributed by atoms with van der Waals surface area (Å²) in [5, 5.41) is 8.05. The van der Waals surface area contributed by atoms with Gasteiger partial charge in [0.05, 0.1) is 29.2 Å². The first-order chi connectivity index (χ1) is 14.6. The zero-order valence-corrected chi connectivity index (χ0v) is 17.8. The van der Waals surface area contributed by atoms with E-state index in [9.17, 15) is 18.0 Å². The van der Waals surface area contributed by atoms with Crippen LogP contribution in [0, 0.1) is 19.8 Å². The first-order valence-corrected chi connectivity index (χ1v) is 10.3. The van der Waals surface area contributed by atoms with Crippen molar-refractivity contribution in [2.75, 3.05) is 5.32 Å². The van der Waals surface area contributed by atoms with Crippen molar-refractivity contribution in [3.05, 3.63) is 81.6 Å². The first kappa shape index (κ1) is 21.4. The SMILES string of the molecule is Cc1nn(Cc2cccc(C(F)(F)F)c2)c(C)c1NC(=O)C1CC1c1ccc(Cl)cc1. The second-order valence-electron chi connectivity index (χ2n) is 7.89. The van der Waals surface area contributed by atoms with Gasteiger partial charge >= 0.3 is 6.18 Å². The molecule has 0 bridgehead atoms. The summed E-state index contributed by atoms with van der Waals surface area (Å²) in [6.07, 6.45) is -3.63. The number of carbonyl (C=O) groups is 1. The van der Waals surface area contributed by atoms with Gasteiger partial charge in [-0.25, -0.2) is 0 Å². The van der Waals surface area contributed by atoms with Crippen LogP contribution in [0.15, 0.2) is 48.5 Å². The number of aryl methyl sites for hydroxylation is 1. The Bertz CT molecular complexity index is 1120. The highest BCUT2D eigenvalue weighted by molar-refractivity contribution is 6.30. The summed E-state index contributed by atoms with van der Waals surface area (Å²) in [5.74, 6) is -0.0328. The largest absolute Gasteiger partial charge is 0.416 e. The first-order valence-electron chi connectivity index (χ1n) is 9.90. The van der Waals surface area contributed by atoms with Crippen molar-refractivity contribution in [3.63, 3.8) is 0 Å². The number of hydrogen-bond acceptors (Lipinski definition) is 2. The van der Waals surface area contributed by atoms with Crippen molar-refractivity contribution in [1.29, 1.82) is 0 Å². The lowest BCUT2D eigenvalue weighted by Crippen LogP contribution is -2.16. The lowest BCUT2D eigenvalue weighted by molar-refractivity contribution is -0.137. The van der Waals surface area contributed by atoms with Crippen LogP contribution in [-0.2, 0) is 17.5 Å². The number of carbonyl (C=O) groups excluding carboxylic acids is 1. The molecule has 8 heteroatoms. The third-order valence-corrected chi connectivity index (χ3v) is 5.89. The van der Waals surface area contributed by atoms with Gasteiger partial charge in [0.15, 0.2) is 0 Å². The third-order valence-electron chi connectivity index (χ3n) is 5.64. The van der Waals surface area contributed by atoms with Gasteiger partial charge in [-0.05, 0) is 61.6 Å². The van der Waals surface area contributed by atoms with Crippen molar-refractivity contribution in [3.8, 4) is 0 Å². The highest BCUT2D eigenvalue weighted by Gasteiger charge is 2.44. The number of alkyl halides is 3. The fourth-order valence-electron chi connectivity index (χ4n) is 3.83. The van der Waals surface area contributed by atoms with E-state index < -0.39 is 11.7 Å². The molecule has 0 saturated heterocycles. The zero-order valence-electron chi connectivity index (χ0n) is 17.0. The van der Waals surface area contributed by atoms with E-state index in [-0.39, 0.29) is 24.3 Å². The van der Waals surface area contributed by atoms with Crippen LogP contribution < -0.4 is 5.32 Å². The lowest BCUT2D eigenvalue weighted by atomic mass is 10.1. The van der Waals surface area contributed by atoms with Crippen molar-refractivity contribution < 1.29 is 18.0 Å². The van der Waals surface area contributed by atoms with E-state index in [1.54, 1.807) is 24.6 Å². The summed E-state index contributed by atoms with van der Waals surface area (Å²) in [7, 11) is 0. The zero-order chi connectivity index (χ0) is 22.3. The second-order valence-corrected chi connectivity index (χ2v) is 8.33. The molecule has 1 aromatic heterocycles. The molecule has 0 spiro atoms. The monoisotopic (exact) mass is 447 g/mol. The van der Waals surface area contributed by atoms with Crippen molar-refractivity contribution >= 4 is 23.2 Å². The van der Waals surface area contributed by atoms with E-state index in [2.05, 4.69) is 10.4 Å².